The molecule has 1 fully saturated rings. The van der Waals surface area contributed by atoms with Gasteiger partial charge in [0.15, 0.2) is 0 Å². The molecule has 3 amide bonds. The molecule has 1 aliphatic rings. The maximum atomic E-state index is 12.0. The van der Waals surface area contributed by atoms with Crippen molar-refractivity contribution in [3.05, 3.63) is 24.3 Å². The van der Waals surface area contributed by atoms with E-state index in [1.807, 2.05) is 0 Å². The summed E-state index contributed by atoms with van der Waals surface area (Å²) in [4.78, 5) is 26.1. The zero-order valence-electron chi connectivity index (χ0n) is 13.8. The van der Waals surface area contributed by atoms with Gasteiger partial charge in [-0.15, -0.1) is 0 Å². The largest absolute Gasteiger partial charge is 0.497 e. The Bertz CT molecular complexity index is 530. The second-order valence-electron chi connectivity index (χ2n) is 5.76. The summed E-state index contributed by atoms with van der Waals surface area (Å²) in [7, 11) is 1.58. The number of amides is 3. The van der Waals surface area contributed by atoms with Crippen molar-refractivity contribution < 1.29 is 14.3 Å². The van der Waals surface area contributed by atoms with Crippen LogP contribution in [0.5, 0.6) is 5.75 Å². The van der Waals surface area contributed by atoms with Gasteiger partial charge in [0.2, 0.25) is 5.91 Å². The molecule has 1 aliphatic heterocycles. The Morgan fingerprint density at radius 3 is 2.65 bits per heavy atom. The normalized spacial score (nSPS) is 18.3. The summed E-state index contributed by atoms with van der Waals surface area (Å²) in [5.74, 6) is 0.444. The second kappa shape index (κ2) is 8.53. The van der Waals surface area contributed by atoms with Crippen LogP contribution in [0.4, 0.5) is 10.5 Å². The summed E-state index contributed by atoms with van der Waals surface area (Å²) < 4.78 is 5.06. The van der Waals surface area contributed by atoms with E-state index in [1.54, 1.807) is 31.4 Å². The van der Waals surface area contributed by atoms with Gasteiger partial charge in [-0.05, 0) is 50.1 Å². The molecule has 0 bridgehead atoms. The van der Waals surface area contributed by atoms with E-state index < -0.39 is 6.03 Å². The van der Waals surface area contributed by atoms with Crippen LogP contribution in [0.2, 0.25) is 0 Å². The zero-order valence-corrected chi connectivity index (χ0v) is 13.8. The minimum atomic E-state index is -0.509. The van der Waals surface area contributed by atoms with Crippen LogP contribution in [-0.2, 0) is 4.79 Å². The molecule has 1 saturated heterocycles. The maximum Gasteiger partial charge on any atom is 0.325 e. The fourth-order valence-electron chi connectivity index (χ4n) is 2.92. The third-order valence-corrected chi connectivity index (χ3v) is 4.17. The van der Waals surface area contributed by atoms with Gasteiger partial charge in [-0.3, -0.25) is 15.0 Å². The van der Waals surface area contributed by atoms with Gasteiger partial charge in [0, 0.05) is 11.7 Å². The van der Waals surface area contributed by atoms with Gasteiger partial charge >= 0.3 is 6.03 Å². The number of benzene rings is 1. The second-order valence-corrected chi connectivity index (χ2v) is 5.76. The molecule has 0 radical (unpaired) electrons. The smallest absolute Gasteiger partial charge is 0.325 e. The van der Waals surface area contributed by atoms with Crippen molar-refractivity contribution >= 4 is 17.6 Å². The predicted molar refractivity (Wildman–Crippen MR) is 89.7 cm³/mol. The fourth-order valence-corrected chi connectivity index (χ4v) is 2.92. The van der Waals surface area contributed by atoms with Crippen molar-refractivity contribution in [1.29, 1.82) is 0 Å². The summed E-state index contributed by atoms with van der Waals surface area (Å²) >= 11 is 0. The van der Waals surface area contributed by atoms with Gasteiger partial charge in [-0.1, -0.05) is 13.3 Å². The summed E-state index contributed by atoms with van der Waals surface area (Å²) in [5.41, 5.74) is 0.612. The van der Waals surface area contributed by atoms with Crippen LogP contribution in [0.1, 0.15) is 32.6 Å². The first-order chi connectivity index (χ1) is 11.1. The summed E-state index contributed by atoms with van der Waals surface area (Å²) in [6.45, 7) is 3.33. The Balaban J connectivity index is 1.80. The monoisotopic (exact) mass is 319 g/mol. The molecule has 6 nitrogen and oxygen atoms in total. The SMILES string of the molecule is CC[C@@H]1CCCCN1CC(=O)NC(=O)Nc1ccc(OC)cc1. The highest BCUT2D eigenvalue weighted by atomic mass is 16.5. The van der Waals surface area contributed by atoms with Gasteiger partial charge in [0.25, 0.3) is 0 Å². The van der Waals surface area contributed by atoms with E-state index in [4.69, 9.17) is 4.74 Å². The van der Waals surface area contributed by atoms with Crippen molar-refractivity contribution in [3.8, 4) is 5.75 Å². The number of rotatable bonds is 5. The molecule has 1 atom stereocenters. The van der Waals surface area contributed by atoms with E-state index in [0.29, 0.717) is 17.5 Å². The van der Waals surface area contributed by atoms with Crippen molar-refractivity contribution in [1.82, 2.24) is 10.2 Å². The van der Waals surface area contributed by atoms with Crippen molar-refractivity contribution in [2.24, 2.45) is 0 Å². The van der Waals surface area contributed by atoms with Crippen molar-refractivity contribution in [2.45, 2.75) is 38.6 Å². The van der Waals surface area contributed by atoms with Gasteiger partial charge < -0.3 is 10.1 Å². The highest BCUT2D eigenvalue weighted by molar-refractivity contribution is 6.01. The molecule has 0 aromatic heterocycles. The van der Waals surface area contributed by atoms with Crippen LogP contribution in [-0.4, -0.2) is 43.1 Å². The number of imide groups is 1. The summed E-state index contributed by atoms with van der Waals surface area (Å²) in [5, 5.41) is 5.03. The minimum absolute atomic E-state index is 0.267. The number of nitrogens with one attached hydrogen (secondary N) is 2. The predicted octanol–water partition coefficient (Wildman–Crippen LogP) is 2.61. The number of anilines is 1. The average molecular weight is 319 g/mol. The molecule has 0 saturated carbocycles. The first-order valence-corrected chi connectivity index (χ1v) is 8.11. The van der Waals surface area contributed by atoms with Gasteiger partial charge in [-0.2, -0.15) is 0 Å². The van der Waals surface area contributed by atoms with Gasteiger partial charge in [0.05, 0.1) is 13.7 Å². The number of nitrogens with zero attached hydrogens (tertiary/aromatic N) is 1. The number of hydrogen-bond acceptors (Lipinski definition) is 4. The Morgan fingerprint density at radius 2 is 2.00 bits per heavy atom. The third-order valence-electron chi connectivity index (χ3n) is 4.17. The molecule has 0 aliphatic carbocycles. The highest BCUT2D eigenvalue weighted by Crippen LogP contribution is 2.19. The minimum Gasteiger partial charge on any atom is -0.497 e. The van der Waals surface area contributed by atoms with E-state index in [2.05, 4.69) is 22.5 Å². The molecule has 126 valence electrons. The Labute approximate surface area is 137 Å². The average Bonchev–Trinajstić information content (AvgIpc) is 2.55. The van der Waals surface area contributed by atoms with Gasteiger partial charge in [0.1, 0.15) is 5.75 Å². The fraction of sp³-hybridized carbons (Fsp3) is 0.529. The summed E-state index contributed by atoms with van der Waals surface area (Å²) in [6, 6.07) is 6.87. The molecule has 0 unspecified atom stereocenters. The molecule has 0 spiro atoms. The Hall–Kier alpha value is -2.08. The van der Waals surface area contributed by atoms with E-state index >= 15 is 0 Å². The lowest BCUT2D eigenvalue weighted by Crippen LogP contribution is -2.47. The lowest BCUT2D eigenvalue weighted by molar-refractivity contribution is -0.122. The Morgan fingerprint density at radius 1 is 1.26 bits per heavy atom. The van der Waals surface area contributed by atoms with Crippen LogP contribution in [0.15, 0.2) is 24.3 Å². The number of carbonyl (C=O) groups is 2. The lowest BCUT2D eigenvalue weighted by Gasteiger charge is -2.34. The zero-order chi connectivity index (χ0) is 16.7. The van der Waals surface area contributed by atoms with Crippen LogP contribution in [0.3, 0.4) is 0 Å². The van der Waals surface area contributed by atoms with Crippen LogP contribution >= 0.6 is 0 Å². The molecule has 1 aromatic carbocycles. The maximum absolute atomic E-state index is 12.0. The van der Waals surface area contributed by atoms with E-state index in [9.17, 15) is 9.59 Å². The highest BCUT2D eigenvalue weighted by Gasteiger charge is 2.23. The molecular weight excluding hydrogens is 294 g/mol. The van der Waals surface area contributed by atoms with E-state index in [-0.39, 0.29) is 12.5 Å². The topological polar surface area (TPSA) is 70.7 Å². The van der Waals surface area contributed by atoms with Crippen LogP contribution in [0.25, 0.3) is 0 Å². The number of likely N-dealkylation sites (tertiary alicyclic amines) is 1. The molecule has 1 heterocycles. The van der Waals surface area contributed by atoms with Crippen molar-refractivity contribution in [3.63, 3.8) is 0 Å². The van der Waals surface area contributed by atoms with Crippen LogP contribution in [0, 0.1) is 0 Å². The van der Waals surface area contributed by atoms with Crippen LogP contribution < -0.4 is 15.4 Å². The summed E-state index contributed by atoms with van der Waals surface area (Å²) in [6.07, 6.45) is 4.49. The Kier molecular flexibility index (Phi) is 6.40. The third kappa shape index (κ3) is 5.25. The van der Waals surface area contributed by atoms with Gasteiger partial charge in [-0.25, -0.2) is 4.79 Å². The number of urea groups is 1. The first kappa shape index (κ1) is 17.3. The molecule has 2 N–H and O–H groups in total. The van der Waals surface area contributed by atoms with Crippen molar-refractivity contribution in [2.75, 3.05) is 25.5 Å². The number of methoxy groups -OCH3 is 1. The number of piperidine rings is 1. The standard InChI is InChI=1S/C17H25N3O3/c1-3-14-6-4-5-11-20(14)12-16(21)19-17(22)18-13-7-9-15(23-2)10-8-13/h7-10,14H,3-6,11-12H2,1-2H3,(H2,18,19,21,22)/t14-/m1/s1. The van der Waals surface area contributed by atoms with E-state index in [1.165, 1.54) is 6.42 Å². The molecule has 1 aromatic rings. The number of carbonyl (C=O) groups excluding carboxylic acids is 2. The number of hydrogen-bond donors (Lipinski definition) is 2. The lowest BCUT2D eigenvalue weighted by atomic mass is 10.0. The molecular formula is C17H25N3O3. The van der Waals surface area contributed by atoms with E-state index in [0.717, 1.165) is 25.8 Å². The first-order valence-electron chi connectivity index (χ1n) is 8.11. The molecule has 6 heteroatoms. The molecule has 2 rings (SSSR count). The number of ether oxygens (including phenoxy) is 1. The quantitative estimate of drug-likeness (QED) is 0.875. The molecule has 23 heavy (non-hydrogen) atoms.